The van der Waals surface area contributed by atoms with Crippen molar-refractivity contribution in [1.82, 2.24) is 10.3 Å². The molecule has 5 nitrogen and oxygen atoms in total. The van der Waals surface area contributed by atoms with E-state index in [1.165, 1.54) is 16.2 Å². The van der Waals surface area contributed by atoms with Gasteiger partial charge in [0, 0.05) is 35.8 Å². The van der Waals surface area contributed by atoms with Gasteiger partial charge >= 0.3 is 0 Å². The summed E-state index contributed by atoms with van der Waals surface area (Å²) < 4.78 is 26.6. The molecule has 0 aliphatic carbocycles. The summed E-state index contributed by atoms with van der Waals surface area (Å²) in [6.07, 6.45) is 0.0147. The molecule has 0 radical (unpaired) electrons. The van der Waals surface area contributed by atoms with Crippen LogP contribution in [0, 0.1) is 24.5 Å². The minimum absolute atomic E-state index is 0.0147. The van der Waals surface area contributed by atoms with Crippen molar-refractivity contribution >= 4 is 28.8 Å². The van der Waals surface area contributed by atoms with Crippen LogP contribution in [0.1, 0.15) is 17.1 Å². The van der Waals surface area contributed by atoms with Crippen molar-refractivity contribution < 1.29 is 18.4 Å². The summed E-state index contributed by atoms with van der Waals surface area (Å²) in [5, 5.41) is 5.43. The Hall–Kier alpha value is -2.35. The highest BCUT2D eigenvalue weighted by Gasteiger charge is 2.35. The summed E-state index contributed by atoms with van der Waals surface area (Å²) in [7, 11) is 0. The predicted molar refractivity (Wildman–Crippen MR) is 85.5 cm³/mol. The molecule has 1 aromatic carbocycles. The normalized spacial score (nSPS) is 17.4. The Bertz CT molecular complexity index is 773. The highest BCUT2D eigenvalue weighted by Crippen LogP contribution is 2.26. The van der Waals surface area contributed by atoms with E-state index in [0.29, 0.717) is 6.54 Å². The van der Waals surface area contributed by atoms with Gasteiger partial charge in [-0.3, -0.25) is 9.59 Å². The molecule has 3 rings (SSSR count). The van der Waals surface area contributed by atoms with Crippen molar-refractivity contribution in [3.63, 3.8) is 0 Å². The van der Waals surface area contributed by atoms with Crippen LogP contribution in [0.3, 0.4) is 0 Å². The number of hydrogen-bond donors (Lipinski definition) is 1. The van der Waals surface area contributed by atoms with E-state index in [4.69, 9.17) is 0 Å². The lowest BCUT2D eigenvalue weighted by atomic mass is 10.1. The molecule has 2 aromatic rings. The number of hydrogen-bond acceptors (Lipinski definition) is 4. The second-order valence-corrected chi connectivity index (χ2v) is 6.58. The molecule has 2 amide bonds. The first-order valence-corrected chi connectivity index (χ1v) is 8.25. The maximum atomic E-state index is 13.3. The third-order valence-corrected chi connectivity index (χ3v) is 4.70. The summed E-state index contributed by atoms with van der Waals surface area (Å²) >= 11 is 1.45. The second kappa shape index (κ2) is 6.64. The van der Waals surface area contributed by atoms with Gasteiger partial charge in [-0.1, -0.05) is 0 Å². The van der Waals surface area contributed by atoms with Crippen LogP contribution < -0.4 is 10.2 Å². The lowest BCUT2D eigenvalue weighted by molar-refractivity contribution is -0.126. The van der Waals surface area contributed by atoms with E-state index in [1.807, 2.05) is 12.3 Å². The zero-order valence-electron chi connectivity index (χ0n) is 12.9. The number of rotatable bonds is 4. The standard InChI is InChI=1S/C16H15F2N3O2S/c1-9-8-24-14(20-9)6-19-16(23)10-2-15(22)21(7-10)13-4-11(17)3-12(18)5-13/h3-5,8,10H,2,6-7H2,1H3,(H,19,23). The van der Waals surface area contributed by atoms with E-state index in [-0.39, 0.29) is 30.5 Å². The van der Waals surface area contributed by atoms with Crippen molar-refractivity contribution in [2.24, 2.45) is 5.92 Å². The molecule has 0 bridgehead atoms. The molecule has 1 unspecified atom stereocenters. The van der Waals surface area contributed by atoms with Crippen LogP contribution in [-0.2, 0) is 16.1 Å². The van der Waals surface area contributed by atoms with Crippen LogP contribution >= 0.6 is 11.3 Å². The molecule has 1 N–H and O–H groups in total. The van der Waals surface area contributed by atoms with Crippen molar-refractivity contribution in [3.05, 3.63) is 45.9 Å². The van der Waals surface area contributed by atoms with Crippen molar-refractivity contribution in [1.29, 1.82) is 0 Å². The highest BCUT2D eigenvalue weighted by molar-refractivity contribution is 7.09. The van der Waals surface area contributed by atoms with Crippen LogP contribution in [0.15, 0.2) is 23.6 Å². The summed E-state index contributed by atoms with van der Waals surface area (Å²) in [5.74, 6) is -2.67. The number of amides is 2. The number of thiazole rings is 1. The summed E-state index contributed by atoms with van der Waals surface area (Å²) in [4.78, 5) is 29.8. The van der Waals surface area contributed by atoms with Gasteiger partial charge in [0.1, 0.15) is 16.6 Å². The van der Waals surface area contributed by atoms with Crippen LogP contribution in [0.4, 0.5) is 14.5 Å². The van der Waals surface area contributed by atoms with Crippen molar-refractivity contribution in [2.75, 3.05) is 11.4 Å². The van der Waals surface area contributed by atoms with Crippen LogP contribution in [0.25, 0.3) is 0 Å². The molecule has 126 valence electrons. The molecular formula is C16H15F2N3O2S. The van der Waals surface area contributed by atoms with Crippen molar-refractivity contribution in [3.8, 4) is 0 Å². The third kappa shape index (κ3) is 3.59. The largest absolute Gasteiger partial charge is 0.349 e. The smallest absolute Gasteiger partial charge is 0.227 e. The van der Waals surface area contributed by atoms with E-state index in [1.54, 1.807) is 0 Å². The highest BCUT2D eigenvalue weighted by atomic mass is 32.1. The molecule has 8 heteroatoms. The molecular weight excluding hydrogens is 336 g/mol. The lowest BCUT2D eigenvalue weighted by Crippen LogP contribution is -2.32. The van der Waals surface area contributed by atoms with Gasteiger partial charge in [-0.15, -0.1) is 11.3 Å². The minimum atomic E-state index is -0.759. The monoisotopic (exact) mass is 351 g/mol. The number of aromatic nitrogens is 1. The Balaban J connectivity index is 1.64. The molecule has 1 fully saturated rings. The third-order valence-electron chi connectivity index (χ3n) is 3.74. The van der Waals surface area contributed by atoms with Crippen LogP contribution in [0.5, 0.6) is 0 Å². The van der Waals surface area contributed by atoms with Gasteiger partial charge in [-0.25, -0.2) is 13.8 Å². The lowest BCUT2D eigenvalue weighted by Gasteiger charge is -2.17. The fraction of sp³-hybridized carbons (Fsp3) is 0.312. The van der Waals surface area contributed by atoms with Gasteiger partial charge in [0.05, 0.1) is 12.5 Å². The maximum Gasteiger partial charge on any atom is 0.227 e. The molecule has 2 heterocycles. The van der Waals surface area contributed by atoms with Crippen molar-refractivity contribution in [2.45, 2.75) is 19.9 Å². The number of carbonyl (C=O) groups excluding carboxylic acids is 2. The number of benzene rings is 1. The topological polar surface area (TPSA) is 62.3 Å². The molecule has 1 saturated heterocycles. The summed E-state index contributed by atoms with van der Waals surface area (Å²) in [6, 6.07) is 2.91. The quantitative estimate of drug-likeness (QED) is 0.920. The SMILES string of the molecule is Cc1csc(CNC(=O)C2CC(=O)N(c3cc(F)cc(F)c3)C2)n1. The van der Waals surface area contributed by atoms with E-state index < -0.39 is 17.6 Å². The minimum Gasteiger partial charge on any atom is -0.349 e. The molecule has 1 aliphatic heterocycles. The summed E-state index contributed by atoms with van der Waals surface area (Å²) in [6.45, 7) is 2.27. The van der Waals surface area contributed by atoms with Gasteiger partial charge in [0.15, 0.2) is 0 Å². The molecule has 1 atom stereocenters. The number of carbonyl (C=O) groups is 2. The summed E-state index contributed by atoms with van der Waals surface area (Å²) in [5.41, 5.74) is 1.02. The Morgan fingerprint density at radius 1 is 1.38 bits per heavy atom. The predicted octanol–water partition coefficient (Wildman–Crippen LogP) is 2.40. The van der Waals surface area contributed by atoms with E-state index >= 15 is 0 Å². The molecule has 1 aromatic heterocycles. The van der Waals surface area contributed by atoms with Crippen LogP contribution in [0.2, 0.25) is 0 Å². The molecule has 24 heavy (non-hydrogen) atoms. The zero-order valence-corrected chi connectivity index (χ0v) is 13.7. The fourth-order valence-corrected chi connectivity index (χ4v) is 3.33. The van der Waals surface area contributed by atoms with Gasteiger partial charge < -0.3 is 10.2 Å². The van der Waals surface area contributed by atoms with Gasteiger partial charge in [-0.05, 0) is 19.1 Å². The number of nitrogens with one attached hydrogen (secondary N) is 1. The number of halogens is 2. The Kier molecular flexibility index (Phi) is 4.57. The number of nitrogens with zero attached hydrogens (tertiary/aromatic N) is 2. The van der Waals surface area contributed by atoms with E-state index in [0.717, 1.165) is 28.9 Å². The van der Waals surface area contributed by atoms with Gasteiger partial charge in [0.2, 0.25) is 11.8 Å². The van der Waals surface area contributed by atoms with Gasteiger partial charge in [-0.2, -0.15) is 0 Å². The number of aryl methyl sites for hydroxylation is 1. The van der Waals surface area contributed by atoms with Crippen LogP contribution in [-0.4, -0.2) is 23.3 Å². The Morgan fingerprint density at radius 3 is 2.71 bits per heavy atom. The first kappa shape index (κ1) is 16.5. The number of anilines is 1. The van der Waals surface area contributed by atoms with E-state index in [9.17, 15) is 18.4 Å². The van der Waals surface area contributed by atoms with Gasteiger partial charge in [0.25, 0.3) is 0 Å². The molecule has 1 aliphatic rings. The second-order valence-electron chi connectivity index (χ2n) is 5.63. The van der Waals surface area contributed by atoms with E-state index in [2.05, 4.69) is 10.3 Å². The Labute approximate surface area is 141 Å². The first-order valence-electron chi connectivity index (χ1n) is 7.37. The first-order chi connectivity index (χ1) is 11.4. The maximum absolute atomic E-state index is 13.3. The zero-order chi connectivity index (χ0) is 17.3. The Morgan fingerprint density at radius 2 is 2.08 bits per heavy atom. The molecule has 0 saturated carbocycles. The fourth-order valence-electron chi connectivity index (χ4n) is 2.62. The average Bonchev–Trinajstić information content (AvgIpc) is 3.10. The average molecular weight is 351 g/mol. The molecule has 0 spiro atoms.